The molecule has 1 saturated carbocycles. The molecule has 0 amide bonds. The molecular formula is C21H24N6O. The normalized spacial score (nSPS) is 17.8. The Morgan fingerprint density at radius 1 is 1.04 bits per heavy atom. The monoisotopic (exact) mass is 376 g/mol. The van der Waals surface area contributed by atoms with Crippen molar-refractivity contribution < 1.29 is 0 Å². The van der Waals surface area contributed by atoms with Crippen LogP contribution < -0.4 is 15.4 Å². The highest BCUT2D eigenvalue weighted by atomic mass is 16.1. The van der Waals surface area contributed by atoms with Crippen LogP contribution in [0.5, 0.6) is 0 Å². The number of benzene rings is 1. The lowest BCUT2D eigenvalue weighted by Gasteiger charge is -2.40. The molecule has 3 heterocycles. The van der Waals surface area contributed by atoms with E-state index in [9.17, 15) is 4.79 Å². The van der Waals surface area contributed by atoms with Crippen LogP contribution in [0.15, 0.2) is 47.7 Å². The standard InChI is InChI=1S/C21H24N6O/c1-25-20(28)17-4-2-3-5-18(17)24-21(25)26-12-9-16(10-13-26)27(15-6-7-15)19-8-11-22-14-23-19/h2-5,8,11,14-16H,6-7,9-10,12-13H2,1H3. The van der Waals surface area contributed by atoms with Gasteiger partial charge in [-0.1, -0.05) is 12.1 Å². The van der Waals surface area contributed by atoms with E-state index in [1.54, 1.807) is 10.9 Å². The van der Waals surface area contributed by atoms with Crippen LogP contribution in [-0.4, -0.2) is 44.7 Å². The fraction of sp³-hybridized carbons (Fsp3) is 0.429. The number of piperidine rings is 1. The quantitative estimate of drug-likeness (QED) is 0.696. The third-order valence-electron chi connectivity index (χ3n) is 5.87. The zero-order valence-electron chi connectivity index (χ0n) is 16.0. The largest absolute Gasteiger partial charge is 0.350 e. The van der Waals surface area contributed by atoms with Gasteiger partial charge in [-0.05, 0) is 43.9 Å². The van der Waals surface area contributed by atoms with E-state index >= 15 is 0 Å². The molecule has 1 aromatic carbocycles. The first kappa shape index (κ1) is 17.2. The van der Waals surface area contributed by atoms with Gasteiger partial charge in [-0.25, -0.2) is 15.0 Å². The summed E-state index contributed by atoms with van der Waals surface area (Å²) < 4.78 is 1.69. The zero-order valence-corrected chi connectivity index (χ0v) is 16.0. The summed E-state index contributed by atoms with van der Waals surface area (Å²) >= 11 is 0. The molecule has 5 rings (SSSR count). The first-order chi connectivity index (χ1) is 13.7. The molecule has 144 valence electrons. The lowest BCUT2D eigenvalue weighted by Crippen LogP contribution is -2.47. The Morgan fingerprint density at radius 3 is 2.50 bits per heavy atom. The van der Waals surface area contributed by atoms with E-state index in [1.165, 1.54) is 12.8 Å². The molecule has 0 spiro atoms. The first-order valence-corrected chi connectivity index (χ1v) is 9.97. The van der Waals surface area contributed by atoms with Gasteiger partial charge >= 0.3 is 0 Å². The summed E-state index contributed by atoms with van der Waals surface area (Å²) in [5.74, 6) is 1.80. The van der Waals surface area contributed by atoms with Crippen molar-refractivity contribution in [3.8, 4) is 0 Å². The average molecular weight is 376 g/mol. The van der Waals surface area contributed by atoms with Crippen molar-refractivity contribution >= 4 is 22.7 Å². The Bertz CT molecular complexity index is 1040. The van der Waals surface area contributed by atoms with Gasteiger partial charge < -0.3 is 9.80 Å². The van der Waals surface area contributed by atoms with Crippen LogP contribution in [0.3, 0.4) is 0 Å². The van der Waals surface area contributed by atoms with Crippen molar-refractivity contribution in [2.75, 3.05) is 22.9 Å². The van der Waals surface area contributed by atoms with Crippen LogP contribution in [0, 0.1) is 0 Å². The van der Waals surface area contributed by atoms with Crippen LogP contribution in [0.4, 0.5) is 11.8 Å². The van der Waals surface area contributed by atoms with Gasteiger partial charge in [-0.3, -0.25) is 9.36 Å². The van der Waals surface area contributed by atoms with Crippen LogP contribution >= 0.6 is 0 Å². The second-order valence-electron chi connectivity index (χ2n) is 7.72. The van der Waals surface area contributed by atoms with Crippen molar-refractivity contribution in [1.29, 1.82) is 0 Å². The number of hydrogen-bond acceptors (Lipinski definition) is 6. The maximum atomic E-state index is 12.7. The van der Waals surface area contributed by atoms with E-state index in [0.717, 1.165) is 43.2 Å². The van der Waals surface area contributed by atoms with Crippen LogP contribution in [0.1, 0.15) is 25.7 Å². The second kappa shape index (κ2) is 6.89. The zero-order chi connectivity index (χ0) is 19.1. The molecule has 0 N–H and O–H groups in total. The number of aromatic nitrogens is 4. The van der Waals surface area contributed by atoms with Crippen LogP contribution in [0.2, 0.25) is 0 Å². The van der Waals surface area contributed by atoms with Crippen molar-refractivity contribution in [1.82, 2.24) is 19.5 Å². The van der Waals surface area contributed by atoms with Gasteiger partial charge in [0.1, 0.15) is 12.1 Å². The summed E-state index contributed by atoms with van der Waals surface area (Å²) in [6.07, 6.45) is 8.00. The minimum atomic E-state index is 0.0170. The summed E-state index contributed by atoms with van der Waals surface area (Å²) in [5, 5.41) is 0.673. The molecule has 7 nitrogen and oxygen atoms in total. The third kappa shape index (κ3) is 3.00. The van der Waals surface area contributed by atoms with Crippen LogP contribution in [0.25, 0.3) is 10.9 Å². The van der Waals surface area contributed by atoms with E-state index in [0.29, 0.717) is 17.5 Å². The van der Waals surface area contributed by atoms with Gasteiger partial charge in [0.25, 0.3) is 5.56 Å². The number of anilines is 2. The van der Waals surface area contributed by atoms with Gasteiger partial charge in [0.05, 0.1) is 10.9 Å². The molecule has 0 radical (unpaired) electrons. The van der Waals surface area contributed by atoms with E-state index in [4.69, 9.17) is 4.98 Å². The molecule has 7 heteroatoms. The Kier molecular flexibility index (Phi) is 4.22. The fourth-order valence-corrected chi connectivity index (χ4v) is 4.29. The molecule has 1 aliphatic heterocycles. The molecule has 28 heavy (non-hydrogen) atoms. The van der Waals surface area contributed by atoms with E-state index in [-0.39, 0.29) is 5.56 Å². The maximum Gasteiger partial charge on any atom is 0.262 e. The van der Waals surface area contributed by atoms with E-state index in [1.807, 2.05) is 43.6 Å². The average Bonchev–Trinajstić information content (AvgIpc) is 3.57. The molecule has 0 bridgehead atoms. The first-order valence-electron chi connectivity index (χ1n) is 9.97. The predicted molar refractivity (Wildman–Crippen MR) is 110 cm³/mol. The Morgan fingerprint density at radius 2 is 1.79 bits per heavy atom. The minimum Gasteiger partial charge on any atom is -0.350 e. The Hall–Kier alpha value is -2.96. The van der Waals surface area contributed by atoms with Gasteiger partial charge in [0, 0.05) is 38.4 Å². The number of fused-ring (bicyclic) bond motifs is 1. The highest BCUT2D eigenvalue weighted by Crippen LogP contribution is 2.35. The molecular weight excluding hydrogens is 352 g/mol. The molecule has 0 unspecified atom stereocenters. The summed E-state index contributed by atoms with van der Waals surface area (Å²) in [4.78, 5) is 30.8. The Labute approximate surface area is 163 Å². The van der Waals surface area contributed by atoms with Gasteiger partial charge in [-0.15, -0.1) is 0 Å². The van der Waals surface area contributed by atoms with Crippen molar-refractivity contribution in [3.05, 3.63) is 53.2 Å². The number of rotatable bonds is 4. The topological polar surface area (TPSA) is 67.2 Å². The maximum absolute atomic E-state index is 12.7. The third-order valence-corrected chi connectivity index (χ3v) is 5.87. The highest BCUT2D eigenvalue weighted by molar-refractivity contribution is 5.78. The molecule has 1 saturated heterocycles. The predicted octanol–water partition coefficient (Wildman–Crippen LogP) is 2.36. The number of hydrogen-bond donors (Lipinski definition) is 0. The molecule has 0 atom stereocenters. The number of nitrogens with zero attached hydrogens (tertiary/aromatic N) is 6. The van der Waals surface area contributed by atoms with Gasteiger partial charge in [-0.2, -0.15) is 0 Å². The lowest BCUT2D eigenvalue weighted by atomic mass is 10.0. The molecule has 2 aromatic heterocycles. The Balaban J connectivity index is 1.38. The summed E-state index contributed by atoms with van der Waals surface area (Å²) in [5.41, 5.74) is 0.784. The SMILES string of the molecule is Cn1c(N2CCC(N(c3ccncn3)C3CC3)CC2)nc2ccccc2c1=O. The van der Waals surface area contributed by atoms with Crippen molar-refractivity contribution in [3.63, 3.8) is 0 Å². The summed E-state index contributed by atoms with van der Waals surface area (Å²) in [7, 11) is 1.82. The molecule has 2 aliphatic rings. The number of para-hydroxylation sites is 1. The smallest absolute Gasteiger partial charge is 0.262 e. The lowest BCUT2D eigenvalue weighted by molar-refractivity contribution is 0.452. The second-order valence-corrected chi connectivity index (χ2v) is 7.72. The minimum absolute atomic E-state index is 0.0170. The van der Waals surface area contributed by atoms with Crippen LogP contribution in [-0.2, 0) is 7.05 Å². The van der Waals surface area contributed by atoms with Gasteiger partial charge in [0.15, 0.2) is 0 Å². The molecule has 3 aromatic rings. The summed E-state index contributed by atoms with van der Waals surface area (Å²) in [6.45, 7) is 1.77. The van der Waals surface area contributed by atoms with E-state index < -0.39 is 0 Å². The highest BCUT2D eigenvalue weighted by Gasteiger charge is 2.36. The summed E-state index contributed by atoms with van der Waals surface area (Å²) in [6, 6.07) is 10.7. The van der Waals surface area contributed by atoms with Crippen molar-refractivity contribution in [2.24, 2.45) is 7.05 Å². The fourth-order valence-electron chi connectivity index (χ4n) is 4.29. The van der Waals surface area contributed by atoms with Gasteiger partial charge in [0.2, 0.25) is 5.95 Å². The van der Waals surface area contributed by atoms with E-state index in [2.05, 4.69) is 19.8 Å². The molecule has 1 aliphatic carbocycles. The van der Waals surface area contributed by atoms with Crippen molar-refractivity contribution in [2.45, 2.75) is 37.8 Å². The molecule has 2 fully saturated rings.